The minimum absolute atomic E-state index is 0.0630. The quantitative estimate of drug-likeness (QED) is 0.834. The summed E-state index contributed by atoms with van der Waals surface area (Å²) in [4.78, 5) is 10.6. The van der Waals surface area contributed by atoms with Crippen LogP contribution in [0, 0.1) is 0 Å². The normalized spacial score (nSPS) is 12.4. The monoisotopic (exact) mass is 369 g/mol. The average molecular weight is 371 g/mol. The van der Waals surface area contributed by atoms with E-state index in [4.69, 9.17) is 16.7 Å². The molecule has 0 aliphatic carbocycles. The Bertz CT molecular complexity index is 601. The summed E-state index contributed by atoms with van der Waals surface area (Å²) in [5, 5.41) is 8.80. The largest absolute Gasteiger partial charge is 0.481 e. The van der Waals surface area contributed by atoms with E-state index < -0.39 is 21.5 Å². The Balaban J connectivity index is 3.08. The topological polar surface area (TPSA) is 83.5 Å². The van der Waals surface area contributed by atoms with Crippen LogP contribution in [0.25, 0.3) is 0 Å². The van der Waals surface area contributed by atoms with E-state index in [1.54, 1.807) is 6.07 Å². The Labute approximate surface area is 125 Å². The molecule has 1 rings (SSSR count). The van der Waals surface area contributed by atoms with Gasteiger partial charge in [-0.05, 0) is 32.0 Å². The second kappa shape index (κ2) is 5.78. The molecule has 0 radical (unpaired) electrons. The number of rotatable bonds is 5. The molecule has 2 N–H and O–H groups in total. The molecule has 0 heterocycles. The van der Waals surface area contributed by atoms with Gasteiger partial charge < -0.3 is 5.11 Å². The molecule has 0 atom stereocenters. The molecule has 0 aliphatic rings. The fourth-order valence-corrected chi connectivity index (χ4v) is 3.98. The third kappa shape index (κ3) is 4.76. The van der Waals surface area contributed by atoms with E-state index in [-0.39, 0.29) is 16.3 Å². The molecule has 5 nitrogen and oxygen atoms in total. The molecule has 0 spiro atoms. The van der Waals surface area contributed by atoms with Gasteiger partial charge in [-0.2, -0.15) is 0 Å². The lowest BCUT2D eigenvalue weighted by atomic mass is 10.0. The summed E-state index contributed by atoms with van der Waals surface area (Å²) < 4.78 is 27.3. The minimum atomic E-state index is -3.88. The molecule has 106 valence electrons. The van der Waals surface area contributed by atoms with E-state index >= 15 is 0 Å². The minimum Gasteiger partial charge on any atom is -0.481 e. The molecule has 0 bridgehead atoms. The molecular formula is C11H13BrClNO4S. The molecule has 1 aromatic carbocycles. The molecule has 0 fully saturated rings. The molecule has 0 aliphatic heterocycles. The number of hydrogen-bond donors (Lipinski definition) is 2. The summed E-state index contributed by atoms with van der Waals surface area (Å²) in [6, 6.07) is 4.36. The van der Waals surface area contributed by atoms with Crippen molar-refractivity contribution >= 4 is 43.5 Å². The van der Waals surface area contributed by atoms with Gasteiger partial charge in [-0.15, -0.1) is 0 Å². The second-order valence-electron chi connectivity index (χ2n) is 4.63. The zero-order valence-corrected chi connectivity index (χ0v) is 13.4. The lowest BCUT2D eigenvalue weighted by molar-refractivity contribution is -0.138. The van der Waals surface area contributed by atoms with Crippen LogP contribution in [-0.4, -0.2) is 25.0 Å². The van der Waals surface area contributed by atoms with Gasteiger partial charge in [0.15, 0.2) is 0 Å². The second-order valence-corrected chi connectivity index (χ2v) is 7.61. The first-order chi connectivity index (χ1) is 8.53. The first kappa shape index (κ1) is 16.4. The lowest BCUT2D eigenvalue weighted by Gasteiger charge is -2.24. The summed E-state index contributed by atoms with van der Waals surface area (Å²) in [6.45, 7) is 2.98. The first-order valence-corrected chi connectivity index (χ1v) is 7.90. The van der Waals surface area contributed by atoms with Crippen LogP contribution in [0.15, 0.2) is 27.6 Å². The van der Waals surface area contributed by atoms with Crippen molar-refractivity contribution in [3.63, 3.8) is 0 Å². The highest BCUT2D eigenvalue weighted by Crippen LogP contribution is 2.26. The van der Waals surface area contributed by atoms with Gasteiger partial charge in [0.2, 0.25) is 10.0 Å². The maximum Gasteiger partial charge on any atom is 0.305 e. The Morgan fingerprint density at radius 2 is 2.05 bits per heavy atom. The molecule has 0 saturated heterocycles. The predicted octanol–water partition coefficient (Wildman–Crippen LogP) is 2.63. The highest BCUT2D eigenvalue weighted by molar-refractivity contribution is 9.10. The van der Waals surface area contributed by atoms with Crippen LogP contribution < -0.4 is 4.72 Å². The van der Waals surface area contributed by atoms with Gasteiger partial charge in [0.05, 0.1) is 11.4 Å². The smallest absolute Gasteiger partial charge is 0.305 e. The zero-order chi connectivity index (χ0) is 14.8. The Morgan fingerprint density at radius 1 is 1.47 bits per heavy atom. The summed E-state index contributed by atoms with van der Waals surface area (Å²) >= 11 is 9.06. The maximum atomic E-state index is 12.2. The summed E-state index contributed by atoms with van der Waals surface area (Å²) in [7, 11) is -3.88. The summed E-state index contributed by atoms with van der Waals surface area (Å²) in [5.41, 5.74) is -1.11. The van der Waals surface area contributed by atoms with Crippen molar-refractivity contribution in [3.8, 4) is 0 Å². The summed E-state index contributed by atoms with van der Waals surface area (Å²) in [5.74, 6) is -1.09. The predicted molar refractivity (Wildman–Crippen MR) is 75.8 cm³/mol. The Hall–Kier alpha value is -0.630. The fourth-order valence-electron chi connectivity index (χ4n) is 1.53. The van der Waals surface area contributed by atoms with Crippen LogP contribution in [-0.2, 0) is 14.8 Å². The van der Waals surface area contributed by atoms with Gasteiger partial charge in [0.25, 0.3) is 0 Å². The summed E-state index contributed by atoms with van der Waals surface area (Å²) in [6.07, 6.45) is -0.333. The van der Waals surface area contributed by atoms with Crippen molar-refractivity contribution in [1.29, 1.82) is 0 Å². The number of aliphatic carboxylic acids is 1. The van der Waals surface area contributed by atoms with E-state index in [9.17, 15) is 13.2 Å². The SMILES string of the molecule is CC(C)(CC(=O)O)NS(=O)(=O)c1ccc(Br)cc1Cl. The van der Waals surface area contributed by atoms with E-state index in [1.807, 2.05) is 0 Å². The molecule has 0 saturated carbocycles. The van der Waals surface area contributed by atoms with Gasteiger partial charge in [-0.3, -0.25) is 4.79 Å². The van der Waals surface area contributed by atoms with Crippen LogP contribution in [0.5, 0.6) is 0 Å². The number of nitrogens with one attached hydrogen (secondary N) is 1. The Kier molecular flexibility index (Phi) is 5.00. The van der Waals surface area contributed by atoms with Crippen molar-refractivity contribution in [1.82, 2.24) is 4.72 Å². The third-order valence-electron chi connectivity index (χ3n) is 2.19. The van der Waals surface area contributed by atoms with E-state index in [1.165, 1.54) is 26.0 Å². The van der Waals surface area contributed by atoms with Crippen molar-refractivity contribution in [2.45, 2.75) is 30.7 Å². The number of carbonyl (C=O) groups is 1. The first-order valence-electron chi connectivity index (χ1n) is 5.24. The lowest BCUT2D eigenvalue weighted by Crippen LogP contribution is -2.44. The third-order valence-corrected chi connectivity index (χ3v) is 4.86. The van der Waals surface area contributed by atoms with E-state index in [0.717, 1.165) is 0 Å². The number of halogens is 2. The molecule has 0 aromatic heterocycles. The highest BCUT2D eigenvalue weighted by Gasteiger charge is 2.29. The maximum absolute atomic E-state index is 12.2. The molecular weight excluding hydrogens is 358 g/mol. The number of carboxylic acid groups (broad SMARTS) is 1. The van der Waals surface area contributed by atoms with Gasteiger partial charge >= 0.3 is 5.97 Å². The highest BCUT2D eigenvalue weighted by atomic mass is 79.9. The number of sulfonamides is 1. The number of benzene rings is 1. The van der Waals surface area contributed by atoms with Crippen molar-refractivity contribution < 1.29 is 18.3 Å². The molecule has 19 heavy (non-hydrogen) atoms. The van der Waals surface area contributed by atoms with Gasteiger partial charge in [0.1, 0.15) is 4.90 Å². The average Bonchev–Trinajstić information content (AvgIpc) is 2.11. The van der Waals surface area contributed by atoms with Gasteiger partial charge in [0, 0.05) is 10.0 Å². The van der Waals surface area contributed by atoms with Gasteiger partial charge in [-0.25, -0.2) is 13.1 Å². The van der Waals surface area contributed by atoms with E-state index in [2.05, 4.69) is 20.7 Å². The van der Waals surface area contributed by atoms with Crippen molar-refractivity contribution in [3.05, 3.63) is 27.7 Å². The van der Waals surface area contributed by atoms with Crippen molar-refractivity contribution in [2.75, 3.05) is 0 Å². The molecule has 0 amide bonds. The molecule has 0 unspecified atom stereocenters. The number of hydrogen-bond acceptors (Lipinski definition) is 3. The van der Waals surface area contributed by atoms with Crippen LogP contribution in [0.1, 0.15) is 20.3 Å². The molecule has 1 aromatic rings. The fraction of sp³-hybridized carbons (Fsp3) is 0.364. The van der Waals surface area contributed by atoms with Crippen LogP contribution in [0.2, 0.25) is 5.02 Å². The zero-order valence-electron chi connectivity index (χ0n) is 10.3. The van der Waals surface area contributed by atoms with Crippen LogP contribution in [0.3, 0.4) is 0 Å². The standard InChI is InChI=1S/C11H13BrClNO4S/c1-11(2,6-10(15)16)14-19(17,18)9-4-3-7(12)5-8(9)13/h3-5,14H,6H2,1-2H3,(H,15,16). The van der Waals surface area contributed by atoms with Crippen LogP contribution in [0.4, 0.5) is 0 Å². The van der Waals surface area contributed by atoms with Gasteiger partial charge in [-0.1, -0.05) is 27.5 Å². The number of carboxylic acids is 1. The van der Waals surface area contributed by atoms with Crippen molar-refractivity contribution in [2.24, 2.45) is 0 Å². The molecule has 8 heteroatoms. The van der Waals surface area contributed by atoms with E-state index in [0.29, 0.717) is 4.47 Å². The van der Waals surface area contributed by atoms with Crippen LogP contribution >= 0.6 is 27.5 Å². The Morgan fingerprint density at radius 3 is 2.53 bits per heavy atom.